The van der Waals surface area contributed by atoms with Crippen molar-refractivity contribution in [3.63, 3.8) is 0 Å². The quantitative estimate of drug-likeness (QED) is 0.502. The Morgan fingerprint density at radius 2 is 2.50 bits per heavy atom. The number of carbonyl (C=O) groups is 1. The third kappa shape index (κ3) is 3.47. The molecule has 1 amide bonds. The Kier molecular flexibility index (Phi) is 2.46. The van der Waals surface area contributed by atoms with Crippen LogP contribution in [0.3, 0.4) is 0 Å². The Morgan fingerprint density at radius 1 is 2.00 bits per heavy atom. The molecule has 0 unspecified atom stereocenters. The molecule has 0 bridgehead atoms. The maximum atomic E-state index is 9.71. The van der Waals surface area contributed by atoms with Gasteiger partial charge in [-0.2, -0.15) is 0 Å². The average Bonchev–Trinajstić information content (AvgIpc) is 1.35. The summed E-state index contributed by atoms with van der Waals surface area (Å²) in [6.07, 6.45) is 2.95. The minimum atomic E-state index is -0.461. The molecule has 2 N–H and O–H groups in total. The molecule has 0 fully saturated rings. The number of hydrogen-bond donors (Lipinski definition) is 1. The summed E-state index contributed by atoms with van der Waals surface area (Å²) in [6.45, 7) is 1.81. The summed E-state index contributed by atoms with van der Waals surface area (Å²) in [4.78, 5) is 9.71. The van der Waals surface area contributed by atoms with Crippen molar-refractivity contribution in [2.75, 3.05) is 0 Å². The first-order valence-corrected chi connectivity index (χ1v) is 1.80. The van der Waals surface area contributed by atoms with Gasteiger partial charge < -0.3 is 5.73 Å². The largest absolute Gasteiger partial charge is 0.369 e. The minimum absolute atomic E-state index is 0.461. The van der Waals surface area contributed by atoms with Gasteiger partial charge in [0.1, 0.15) is 0 Å². The van der Waals surface area contributed by atoms with Crippen LogP contribution in [-0.2, 0) is 4.79 Å². The van der Waals surface area contributed by atoms with Crippen LogP contribution >= 0.6 is 0 Å². The fourth-order valence-corrected chi connectivity index (χ4v) is 0.174. The zero-order valence-corrected chi connectivity index (χ0v) is 3.69. The molecule has 0 saturated carbocycles. The number of hydrogen-bond acceptors (Lipinski definition) is 1. The number of amides is 1. The van der Waals surface area contributed by atoms with Crippen LogP contribution in [0, 0.1) is 6.42 Å². The first kappa shape index (κ1) is 5.47. The van der Waals surface area contributed by atoms with E-state index in [1.807, 2.05) is 6.92 Å². The van der Waals surface area contributed by atoms with Gasteiger partial charge in [0, 0.05) is 0 Å². The van der Waals surface area contributed by atoms with Gasteiger partial charge in [-0.05, 0) is 6.42 Å². The van der Waals surface area contributed by atoms with Gasteiger partial charge in [-0.1, -0.05) is 6.92 Å². The van der Waals surface area contributed by atoms with Gasteiger partial charge in [-0.15, -0.1) is 0 Å². The molecule has 2 nitrogen and oxygen atoms in total. The van der Waals surface area contributed by atoms with Gasteiger partial charge in [0.2, 0.25) is 5.91 Å². The van der Waals surface area contributed by atoms with E-state index in [4.69, 9.17) is 0 Å². The summed E-state index contributed by atoms with van der Waals surface area (Å²) in [5.74, 6) is -0.461. The first-order valence-electron chi connectivity index (χ1n) is 1.80. The van der Waals surface area contributed by atoms with Crippen LogP contribution in [0.5, 0.6) is 0 Å². The molecule has 0 aliphatic carbocycles. The normalized spacial score (nSPS) is 8.17. The highest BCUT2D eigenvalue weighted by atomic mass is 16.1. The van der Waals surface area contributed by atoms with E-state index in [1.54, 1.807) is 0 Å². The second kappa shape index (κ2) is 2.69. The Bertz CT molecular complexity index is 51.5. The van der Waals surface area contributed by atoms with E-state index in [0.29, 0.717) is 6.42 Å². The molecule has 0 rings (SSSR count). The summed E-state index contributed by atoms with van der Waals surface area (Å²) < 4.78 is 0. The van der Waals surface area contributed by atoms with Crippen LogP contribution in [0.1, 0.15) is 13.3 Å². The van der Waals surface area contributed by atoms with Crippen LogP contribution in [-0.4, -0.2) is 5.91 Å². The van der Waals surface area contributed by atoms with Gasteiger partial charge in [-0.3, -0.25) is 4.79 Å². The first-order chi connectivity index (χ1) is 2.77. The molecule has 0 aliphatic rings. The van der Waals surface area contributed by atoms with Gasteiger partial charge in [0.05, 0.1) is 6.42 Å². The molecule has 0 atom stereocenters. The molecule has 6 heavy (non-hydrogen) atoms. The summed E-state index contributed by atoms with van der Waals surface area (Å²) in [5.41, 5.74) is 4.65. The third-order valence-electron chi connectivity index (χ3n) is 0.351. The zero-order chi connectivity index (χ0) is 4.99. The van der Waals surface area contributed by atoms with Crippen molar-refractivity contribution < 1.29 is 4.79 Å². The standard InChI is InChI=1S/C4H7NO/c1-2-3-4(5)6/h2H2,1H3,(H2,5,6). The van der Waals surface area contributed by atoms with Crippen molar-refractivity contribution in [3.05, 3.63) is 6.42 Å². The zero-order valence-electron chi connectivity index (χ0n) is 3.69. The molecule has 2 heteroatoms. The van der Waals surface area contributed by atoms with E-state index in [0.717, 1.165) is 0 Å². The van der Waals surface area contributed by atoms with Crippen molar-refractivity contribution in [3.8, 4) is 0 Å². The third-order valence-corrected chi connectivity index (χ3v) is 0.351. The maximum Gasteiger partial charge on any atom is 0.225 e. The van der Waals surface area contributed by atoms with E-state index < -0.39 is 5.91 Å². The number of carbonyl (C=O) groups excluding carboxylic acids is 1. The second-order valence-electron chi connectivity index (χ2n) is 0.895. The Balaban J connectivity index is 2.83. The summed E-state index contributed by atoms with van der Waals surface area (Å²) in [7, 11) is 0. The van der Waals surface area contributed by atoms with Crippen molar-refractivity contribution in [2.24, 2.45) is 5.73 Å². The molecule has 0 spiro atoms. The smallest absolute Gasteiger partial charge is 0.225 e. The number of nitrogens with two attached hydrogens (primary N) is 1. The highest BCUT2D eigenvalue weighted by Gasteiger charge is 1.86. The Hall–Kier alpha value is -0.530. The molecule has 34 valence electrons. The predicted molar refractivity (Wildman–Crippen MR) is 22.7 cm³/mol. The Morgan fingerprint density at radius 3 is 2.50 bits per heavy atom. The van der Waals surface area contributed by atoms with Gasteiger partial charge in [0.15, 0.2) is 0 Å². The van der Waals surface area contributed by atoms with Crippen LogP contribution < -0.4 is 5.73 Å². The molecule has 0 saturated heterocycles. The lowest BCUT2D eigenvalue weighted by atomic mass is 10.3. The number of rotatable bonds is 2. The van der Waals surface area contributed by atoms with Gasteiger partial charge in [-0.25, -0.2) is 0 Å². The predicted octanol–water partition coefficient (Wildman–Crippen LogP) is -0.0370. The monoisotopic (exact) mass is 85.1 g/mol. The highest BCUT2D eigenvalue weighted by Crippen LogP contribution is 1.77. The number of primary amides is 1. The van der Waals surface area contributed by atoms with Crippen molar-refractivity contribution >= 4 is 5.91 Å². The molecule has 0 aromatic carbocycles. The molecule has 0 aromatic rings. The summed E-state index contributed by atoms with van der Waals surface area (Å²) >= 11 is 0. The van der Waals surface area contributed by atoms with Gasteiger partial charge >= 0.3 is 0 Å². The Labute approximate surface area is 37.3 Å². The average molecular weight is 85.1 g/mol. The van der Waals surface area contributed by atoms with Crippen LogP contribution in [0.15, 0.2) is 0 Å². The van der Waals surface area contributed by atoms with Crippen molar-refractivity contribution in [1.29, 1.82) is 0 Å². The van der Waals surface area contributed by atoms with Gasteiger partial charge in [0.25, 0.3) is 0 Å². The maximum absolute atomic E-state index is 9.71. The highest BCUT2D eigenvalue weighted by molar-refractivity contribution is 5.82. The van der Waals surface area contributed by atoms with E-state index >= 15 is 0 Å². The molecular weight excluding hydrogens is 78.0 g/mol. The molecule has 2 radical (unpaired) electrons. The molecule has 0 aliphatic heterocycles. The topological polar surface area (TPSA) is 43.1 Å². The van der Waals surface area contributed by atoms with Crippen LogP contribution in [0.4, 0.5) is 0 Å². The lowest BCUT2D eigenvalue weighted by molar-refractivity contribution is -0.115. The summed E-state index contributed by atoms with van der Waals surface area (Å²) in [5, 5.41) is 0. The molecule has 0 aromatic heterocycles. The van der Waals surface area contributed by atoms with E-state index in [2.05, 4.69) is 12.2 Å². The second-order valence-corrected chi connectivity index (χ2v) is 0.895. The molecule has 0 heterocycles. The van der Waals surface area contributed by atoms with E-state index in [9.17, 15) is 4.79 Å². The fraction of sp³-hybridized carbons (Fsp3) is 0.500. The van der Waals surface area contributed by atoms with E-state index in [1.165, 1.54) is 0 Å². The lowest BCUT2D eigenvalue weighted by Gasteiger charge is -1.79. The SMILES string of the molecule is CC[C]C(N)=O. The minimum Gasteiger partial charge on any atom is -0.369 e. The van der Waals surface area contributed by atoms with Crippen LogP contribution in [0.25, 0.3) is 0 Å². The van der Waals surface area contributed by atoms with E-state index in [-0.39, 0.29) is 0 Å². The van der Waals surface area contributed by atoms with Crippen LogP contribution in [0.2, 0.25) is 0 Å². The van der Waals surface area contributed by atoms with Crippen molar-refractivity contribution in [2.45, 2.75) is 13.3 Å². The molecular formula is C4H7NO. The van der Waals surface area contributed by atoms with Crippen molar-refractivity contribution in [1.82, 2.24) is 0 Å². The summed E-state index contributed by atoms with van der Waals surface area (Å²) in [6, 6.07) is 0. The lowest BCUT2D eigenvalue weighted by Crippen LogP contribution is -2.09. The fourth-order valence-electron chi connectivity index (χ4n) is 0.174.